The molecule has 17 heavy (non-hydrogen) atoms. The Morgan fingerprint density at radius 2 is 1.82 bits per heavy atom. The zero-order chi connectivity index (χ0) is 13.1. The van der Waals surface area contributed by atoms with Gasteiger partial charge in [-0.3, -0.25) is 0 Å². The number of nitrogens with zero attached hydrogens (tertiary/aromatic N) is 1. The molecule has 0 aliphatic heterocycles. The average molecular weight is 255 g/mol. The Balaban J connectivity index is 2.45. The molecule has 0 N–H and O–H groups in total. The van der Waals surface area contributed by atoms with Gasteiger partial charge in [0.1, 0.15) is 6.26 Å². The van der Waals surface area contributed by atoms with Gasteiger partial charge in [-0.05, 0) is 22.3 Å². The third-order valence-electron chi connectivity index (χ3n) is 2.47. The summed E-state index contributed by atoms with van der Waals surface area (Å²) in [6.07, 6.45) is 2.80. The Bertz CT molecular complexity index is 344. The molecule has 3 heteroatoms. The summed E-state index contributed by atoms with van der Waals surface area (Å²) in [7, 11) is 0. The lowest BCUT2D eigenvalue weighted by atomic mass is 9.87. The van der Waals surface area contributed by atoms with Gasteiger partial charge in [-0.2, -0.15) is 11.8 Å². The summed E-state index contributed by atoms with van der Waals surface area (Å²) in [5.41, 5.74) is 2.90. The summed E-state index contributed by atoms with van der Waals surface area (Å²) in [5, 5.41) is 4.13. The van der Waals surface area contributed by atoms with Crippen molar-refractivity contribution in [1.29, 1.82) is 0 Å². The maximum absolute atomic E-state index is 5.11. The van der Waals surface area contributed by atoms with E-state index < -0.39 is 0 Å². The molecule has 1 heterocycles. The van der Waals surface area contributed by atoms with E-state index in [1.165, 1.54) is 11.3 Å². The summed E-state index contributed by atoms with van der Waals surface area (Å²) in [6.45, 7) is 13.4. The molecule has 0 saturated heterocycles. The summed E-state index contributed by atoms with van der Waals surface area (Å²) < 4.78 is 5.11. The molecule has 2 nitrogen and oxygen atoms in total. The van der Waals surface area contributed by atoms with Crippen LogP contribution in [0.15, 0.2) is 10.8 Å². The van der Waals surface area contributed by atoms with Crippen LogP contribution in [0, 0.1) is 5.41 Å². The molecule has 0 fully saturated rings. The Morgan fingerprint density at radius 1 is 1.18 bits per heavy atom. The minimum Gasteiger partial charge on any atom is -0.364 e. The van der Waals surface area contributed by atoms with E-state index in [1.807, 2.05) is 11.8 Å². The lowest BCUT2D eigenvalue weighted by Gasteiger charge is -2.18. The van der Waals surface area contributed by atoms with Crippen LogP contribution in [0.25, 0.3) is 0 Å². The molecule has 0 bridgehead atoms. The topological polar surface area (TPSA) is 26.0 Å². The van der Waals surface area contributed by atoms with Crippen LogP contribution in [0.5, 0.6) is 0 Å². The van der Waals surface area contributed by atoms with E-state index in [-0.39, 0.29) is 5.41 Å². The second-order valence-corrected chi connectivity index (χ2v) is 7.89. The Labute approximate surface area is 110 Å². The molecular formula is C14H25NOS. The zero-order valence-corrected chi connectivity index (χ0v) is 12.8. The predicted octanol–water partition coefficient (Wildman–Crippen LogP) is 4.29. The van der Waals surface area contributed by atoms with Crippen molar-refractivity contribution in [3.63, 3.8) is 0 Å². The molecule has 0 aliphatic rings. The highest BCUT2D eigenvalue weighted by atomic mass is 32.2. The summed E-state index contributed by atoms with van der Waals surface area (Å²) in [6, 6.07) is 0. The monoisotopic (exact) mass is 255 g/mol. The van der Waals surface area contributed by atoms with Gasteiger partial charge in [0.25, 0.3) is 0 Å². The van der Waals surface area contributed by atoms with E-state index in [4.69, 9.17) is 4.52 Å². The van der Waals surface area contributed by atoms with E-state index in [9.17, 15) is 0 Å². The normalized spacial score (nSPS) is 13.1. The second kappa shape index (κ2) is 5.47. The van der Waals surface area contributed by atoms with E-state index in [1.54, 1.807) is 6.26 Å². The van der Waals surface area contributed by atoms with Crippen LogP contribution in [0.1, 0.15) is 52.8 Å². The van der Waals surface area contributed by atoms with Crippen molar-refractivity contribution < 1.29 is 4.52 Å². The molecule has 0 amide bonds. The fourth-order valence-electron chi connectivity index (χ4n) is 1.60. The van der Waals surface area contributed by atoms with Crippen molar-refractivity contribution in [1.82, 2.24) is 5.16 Å². The number of thioether (sulfide) groups is 1. The molecule has 98 valence electrons. The summed E-state index contributed by atoms with van der Waals surface area (Å²) >= 11 is 2.00. The van der Waals surface area contributed by atoms with Crippen LogP contribution in [0.4, 0.5) is 0 Å². The van der Waals surface area contributed by atoms with Gasteiger partial charge in [-0.1, -0.05) is 46.7 Å². The minimum absolute atomic E-state index is 0.129. The molecule has 0 radical (unpaired) electrons. The average Bonchev–Trinajstić information content (AvgIpc) is 2.58. The van der Waals surface area contributed by atoms with Crippen molar-refractivity contribution >= 4 is 11.8 Å². The van der Waals surface area contributed by atoms with Crippen molar-refractivity contribution in [2.24, 2.45) is 5.41 Å². The number of rotatable bonds is 4. The van der Waals surface area contributed by atoms with Gasteiger partial charge in [-0.15, -0.1) is 0 Å². The zero-order valence-electron chi connectivity index (χ0n) is 12.0. The van der Waals surface area contributed by atoms with Crippen LogP contribution in [-0.2, 0) is 11.8 Å². The number of hydrogen-bond acceptors (Lipinski definition) is 3. The fourth-order valence-corrected chi connectivity index (χ4v) is 2.69. The molecule has 1 aromatic rings. The van der Waals surface area contributed by atoms with Crippen molar-refractivity contribution in [2.75, 3.05) is 11.5 Å². The maximum Gasteiger partial charge on any atom is 0.127 e. The third-order valence-corrected chi connectivity index (χ3v) is 4.03. The lowest BCUT2D eigenvalue weighted by Crippen LogP contribution is -2.14. The highest BCUT2D eigenvalue weighted by Crippen LogP contribution is 2.27. The van der Waals surface area contributed by atoms with Gasteiger partial charge in [0.05, 0.1) is 5.69 Å². The molecule has 0 unspecified atom stereocenters. The predicted molar refractivity (Wildman–Crippen MR) is 75.7 cm³/mol. The highest BCUT2D eigenvalue weighted by molar-refractivity contribution is 7.99. The molecular weight excluding hydrogens is 230 g/mol. The van der Waals surface area contributed by atoms with Crippen molar-refractivity contribution in [3.05, 3.63) is 17.5 Å². The van der Waals surface area contributed by atoms with Crippen LogP contribution in [-0.4, -0.2) is 16.7 Å². The van der Waals surface area contributed by atoms with E-state index in [0.717, 1.165) is 17.9 Å². The maximum atomic E-state index is 5.11. The van der Waals surface area contributed by atoms with Crippen LogP contribution >= 0.6 is 11.8 Å². The van der Waals surface area contributed by atoms with E-state index >= 15 is 0 Å². The highest BCUT2D eigenvalue weighted by Gasteiger charge is 2.21. The Kier molecular flexibility index (Phi) is 4.70. The SMILES string of the molecule is CC(C)(C)CSCCc1nocc1C(C)(C)C. The molecule has 0 saturated carbocycles. The first-order valence-electron chi connectivity index (χ1n) is 6.22. The van der Waals surface area contributed by atoms with Crippen molar-refractivity contribution in [3.8, 4) is 0 Å². The van der Waals surface area contributed by atoms with Crippen LogP contribution in [0.2, 0.25) is 0 Å². The largest absolute Gasteiger partial charge is 0.364 e. The fraction of sp³-hybridized carbons (Fsp3) is 0.786. The molecule has 0 aliphatic carbocycles. The van der Waals surface area contributed by atoms with Gasteiger partial charge in [0.15, 0.2) is 0 Å². The summed E-state index contributed by atoms with van der Waals surface area (Å²) in [4.78, 5) is 0. The number of hydrogen-bond donors (Lipinski definition) is 0. The van der Waals surface area contributed by atoms with E-state index in [0.29, 0.717) is 5.41 Å². The Hall–Kier alpha value is -0.440. The smallest absolute Gasteiger partial charge is 0.127 e. The quantitative estimate of drug-likeness (QED) is 0.750. The minimum atomic E-state index is 0.129. The van der Waals surface area contributed by atoms with Gasteiger partial charge in [-0.25, -0.2) is 0 Å². The lowest BCUT2D eigenvalue weighted by molar-refractivity contribution is 0.410. The second-order valence-electron chi connectivity index (χ2n) is 6.79. The first-order valence-corrected chi connectivity index (χ1v) is 7.37. The number of aryl methyl sites for hydroxylation is 1. The van der Waals surface area contributed by atoms with Crippen LogP contribution < -0.4 is 0 Å². The molecule has 1 rings (SSSR count). The first-order chi connectivity index (χ1) is 7.70. The van der Waals surface area contributed by atoms with Gasteiger partial charge in [0.2, 0.25) is 0 Å². The van der Waals surface area contributed by atoms with Crippen molar-refractivity contribution in [2.45, 2.75) is 53.4 Å². The molecule has 1 aromatic heterocycles. The third kappa shape index (κ3) is 5.15. The Morgan fingerprint density at radius 3 is 2.35 bits per heavy atom. The first kappa shape index (κ1) is 14.6. The molecule has 0 aromatic carbocycles. The van der Waals surface area contributed by atoms with Gasteiger partial charge in [0, 0.05) is 12.0 Å². The summed E-state index contributed by atoms with van der Waals surface area (Å²) in [5.74, 6) is 2.31. The number of aromatic nitrogens is 1. The van der Waals surface area contributed by atoms with Gasteiger partial charge < -0.3 is 4.52 Å². The van der Waals surface area contributed by atoms with Gasteiger partial charge >= 0.3 is 0 Å². The van der Waals surface area contributed by atoms with Crippen LogP contribution in [0.3, 0.4) is 0 Å². The standard InChI is InChI=1S/C14H25NOS/c1-13(2,3)10-17-8-7-12-11(9-16-15-12)14(4,5)6/h9H,7-8,10H2,1-6H3. The molecule has 0 atom stereocenters. The molecule has 0 spiro atoms. The van der Waals surface area contributed by atoms with E-state index in [2.05, 4.69) is 46.7 Å².